The third-order valence-corrected chi connectivity index (χ3v) is 3.93. The number of ether oxygens (including phenoxy) is 1. The highest BCUT2D eigenvalue weighted by molar-refractivity contribution is 7.11. The van der Waals surface area contributed by atoms with Gasteiger partial charge in [0, 0.05) is 5.38 Å². The SMILES string of the molecule is CCc1csc(Oc2cc3ccccc3cc2C(=O)O)n1. The van der Waals surface area contributed by atoms with Gasteiger partial charge in [0.15, 0.2) is 0 Å². The summed E-state index contributed by atoms with van der Waals surface area (Å²) >= 11 is 1.37. The lowest BCUT2D eigenvalue weighted by molar-refractivity contribution is 0.0694. The lowest BCUT2D eigenvalue weighted by Gasteiger charge is -2.08. The van der Waals surface area contributed by atoms with Crippen LogP contribution in [0.2, 0.25) is 0 Å². The first-order chi connectivity index (χ1) is 10.2. The Bertz CT molecular complexity index is 810. The summed E-state index contributed by atoms with van der Waals surface area (Å²) in [7, 11) is 0. The summed E-state index contributed by atoms with van der Waals surface area (Å²) in [6.45, 7) is 2.01. The fraction of sp³-hybridized carbons (Fsp3) is 0.125. The van der Waals surface area contributed by atoms with Crippen molar-refractivity contribution in [2.75, 3.05) is 0 Å². The van der Waals surface area contributed by atoms with Gasteiger partial charge in [-0.15, -0.1) is 0 Å². The first kappa shape index (κ1) is 13.6. The zero-order valence-corrected chi connectivity index (χ0v) is 12.2. The summed E-state index contributed by atoms with van der Waals surface area (Å²) in [5.74, 6) is -0.693. The number of hydrogen-bond donors (Lipinski definition) is 1. The number of thiazole rings is 1. The van der Waals surface area contributed by atoms with Crippen LogP contribution in [-0.2, 0) is 6.42 Å². The summed E-state index contributed by atoms with van der Waals surface area (Å²) in [5, 5.41) is 13.5. The number of carboxylic acids is 1. The molecule has 0 atom stereocenters. The Kier molecular flexibility index (Phi) is 3.58. The Morgan fingerprint density at radius 3 is 2.62 bits per heavy atom. The van der Waals surface area contributed by atoms with Crippen molar-refractivity contribution in [2.24, 2.45) is 0 Å². The fourth-order valence-electron chi connectivity index (χ4n) is 2.06. The second-order valence-electron chi connectivity index (χ2n) is 4.56. The zero-order valence-electron chi connectivity index (χ0n) is 11.4. The minimum absolute atomic E-state index is 0.141. The number of benzene rings is 2. The minimum Gasteiger partial charge on any atom is -0.478 e. The van der Waals surface area contributed by atoms with Gasteiger partial charge in [0.1, 0.15) is 11.3 Å². The second kappa shape index (κ2) is 5.54. The van der Waals surface area contributed by atoms with E-state index in [1.54, 1.807) is 12.1 Å². The highest BCUT2D eigenvalue weighted by atomic mass is 32.1. The number of fused-ring (bicyclic) bond motifs is 1. The van der Waals surface area contributed by atoms with Gasteiger partial charge in [0.05, 0.1) is 5.69 Å². The lowest BCUT2D eigenvalue weighted by atomic mass is 10.1. The summed E-state index contributed by atoms with van der Waals surface area (Å²) in [4.78, 5) is 15.7. The quantitative estimate of drug-likeness (QED) is 0.778. The maximum absolute atomic E-state index is 11.4. The molecule has 2 aromatic carbocycles. The number of aryl methyl sites for hydroxylation is 1. The van der Waals surface area contributed by atoms with Crippen molar-refractivity contribution in [3.63, 3.8) is 0 Å². The van der Waals surface area contributed by atoms with Crippen LogP contribution in [0.3, 0.4) is 0 Å². The maximum Gasteiger partial charge on any atom is 0.339 e. The van der Waals surface area contributed by atoms with Crippen LogP contribution in [-0.4, -0.2) is 16.1 Å². The molecule has 1 aromatic heterocycles. The number of aromatic nitrogens is 1. The van der Waals surface area contributed by atoms with E-state index in [1.165, 1.54) is 11.3 Å². The van der Waals surface area contributed by atoms with Crippen LogP contribution in [0.1, 0.15) is 23.0 Å². The van der Waals surface area contributed by atoms with Gasteiger partial charge in [-0.1, -0.05) is 42.5 Å². The second-order valence-corrected chi connectivity index (χ2v) is 5.38. The van der Waals surface area contributed by atoms with E-state index in [0.717, 1.165) is 22.9 Å². The molecular weight excluding hydrogens is 286 g/mol. The molecule has 21 heavy (non-hydrogen) atoms. The summed E-state index contributed by atoms with van der Waals surface area (Å²) < 4.78 is 5.69. The van der Waals surface area contributed by atoms with Gasteiger partial charge in [-0.2, -0.15) is 0 Å². The molecule has 0 fully saturated rings. The van der Waals surface area contributed by atoms with Crippen molar-refractivity contribution in [1.29, 1.82) is 0 Å². The van der Waals surface area contributed by atoms with Crippen molar-refractivity contribution in [3.8, 4) is 10.9 Å². The fourth-order valence-corrected chi connectivity index (χ4v) is 2.83. The van der Waals surface area contributed by atoms with Crippen LogP contribution in [0.25, 0.3) is 10.8 Å². The van der Waals surface area contributed by atoms with Crippen LogP contribution in [0.4, 0.5) is 0 Å². The largest absolute Gasteiger partial charge is 0.478 e. The van der Waals surface area contributed by atoms with E-state index < -0.39 is 5.97 Å². The predicted molar refractivity (Wildman–Crippen MR) is 82.5 cm³/mol. The molecule has 4 nitrogen and oxygen atoms in total. The van der Waals surface area contributed by atoms with Crippen molar-refractivity contribution in [1.82, 2.24) is 4.98 Å². The smallest absolute Gasteiger partial charge is 0.339 e. The molecule has 0 aliphatic heterocycles. The Morgan fingerprint density at radius 2 is 2.00 bits per heavy atom. The van der Waals surface area contributed by atoms with Crippen molar-refractivity contribution in [3.05, 3.63) is 53.0 Å². The molecule has 0 saturated heterocycles. The molecule has 0 unspecified atom stereocenters. The van der Waals surface area contributed by atoms with Crippen molar-refractivity contribution < 1.29 is 14.6 Å². The Morgan fingerprint density at radius 1 is 1.29 bits per heavy atom. The summed E-state index contributed by atoms with van der Waals surface area (Å²) in [6, 6.07) is 11.0. The van der Waals surface area contributed by atoms with E-state index in [4.69, 9.17) is 4.74 Å². The molecule has 0 amide bonds. The molecule has 3 aromatic rings. The van der Waals surface area contributed by atoms with Gasteiger partial charge in [-0.3, -0.25) is 0 Å². The first-order valence-electron chi connectivity index (χ1n) is 6.55. The van der Waals surface area contributed by atoms with Gasteiger partial charge >= 0.3 is 5.97 Å². The number of nitrogens with zero attached hydrogens (tertiary/aromatic N) is 1. The van der Waals surface area contributed by atoms with Crippen molar-refractivity contribution >= 4 is 28.1 Å². The summed E-state index contributed by atoms with van der Waals surface area (Å²) in [5.41, 5.74) is 1.08. The zero-order chi connectivity index (χ0) is 14.8. The molecule has 0 radical (unpaired) electrons. The van der Waals surface area contributed by atoms with E-state index in [2.05, 4.69) is 4.98 Å². The highest BCUT2D eigenvalue weighted by Gasteiger charge is 2.15. The molecule has 5 heteroatoms. The summed E-state index contributed by atoms with van der Waals surface area (Å²) in [6.07, 6.45) is 0.823. The third kappa shape index (κ3) is 2.73. The maximum atomic E-state index is 11.4. The highest BCUT2D eigenvalue weighted by Crippen LogP contribution is 2.31. The number of hydrogen-bond acceptors (Lipinski definition) is 4. The van der Waals surface area contributed by atoms with Gasteiger partial charge in [-0.25, -0.2) is 9.78 Å². The van der Waals surface area contributed by atoms with Crippen molar-refractivity contribution in [2.45, 2.75) is 13.3 Å². The molecule has 0 spiro atoms. The number of rotatable bonds is 4. The Hall–Kier alpha value is -2.40. The van der Waals surface area contributed by atoms with E-state index in [0.29, 0.717) is 10.9 Å². The molecule has 0 aliphatic carbocycles. The molecule has 1 heterocycles. The van der Waals surface area contributed by atoms with Gasteiger partial charge in [-0.05, 0) is 29.3 Å². The van der Waals surface area contributed by atoms with E-state index in [1.807, 2.05) is 36.6 Å². The van der Waals surface area contributed by atoms with E-state index in [9.17, 15) is 9.90 Å². The number of aromatic carboxylic acids is 1. The number of carboxylic acid groups (broad SMARTS) is 1. The minimum atomic E-state index is -1.01. The normalized spacial score (nSPS) is 10.7. The lowest BCUT2D eigenvalue weighted by Crippen LogP contribution is -2.00. The van der Waals surface area contributed by atoms with Gasteiger partial charge in [0.25, 0.3) is 5.19 Å². The number of carbonyl (C=O) groups is 1. The van der Waals surface area contributed by atoms with Crippen LogP contribution in [0, 0.1) is 0 Å². The first-order valence-corrected chi connectivity index (χ1v) is 7.43. The van der Waals surface area contributed by atoms with Crippen LogP contribution < -0.4 is 4.74 Å². The topological polar surface area (TPSA) is 59.4 Å². The third-order valence-electron chi connectivity index (χ3n) is 3.17. The van der Waals surface area contributed by atoms with Gasteiger partial charge < -0.3 is 9.84 Å². The molecule has 1 N–H and O–H groups in total. The average molecular weight is 299 g/mol. The molecule has 0 aliphatic rings. The van der Waals surface area contributed by atoms with Crippen LogP contribution >= 0.6 is 11.3 Å². The monoisotopic (exact) mass is 299 g/mol. The van der Waals surface area contributed by atoms with Crippen LogP contribution in [0.5, 0.6) is 10.9 Å². The van der Waals surface area contributed by atoms with Crippen LogP contribution in [0.15, 0.2) is 41.8 Å². The molecule has 3 rings (SSSR count). The van der Waals surface area contributed by atoms with E-state index in [-0.39, 0.29) is 5.56 Å². The predicted octanol–water partition coefficient (Wildman–Crippen LogP) is 4.35. The standard InChI is InChI=1S/C16H13NO3S/c1-2-12-9-21-16(17-12)20-14-8-11-6-4-3-5-10(11)7-13(14)15(18)19/h3-9H,2H2,1H3,(H,18,19). The Balaban J connectivity index is 2.06. The molecule has 0 bridgehead atoms. The molecular formula is C16H13NO3S. The molecule has 0 saturated carbocycles. The molecule has 106 valence electrons. The average Bonchev–Trinajstić information content (AvgIpc) is 2.94. The Labute approximate surface area is 125 Å². The van der Waals surface area contributed by atoms with Gasteiger partial charge in [0.2, 0.25) is 0 Å². The van der Waals surface area contributed by atoms with E-state index >= 15 is 0 Å².